The molecule has 1 aliphatic rings. The monoisotopic (exact) mass is 376 g/mol. The smallest absolute Gasteiger partial charge is 0.255 e. The van der Waals surface area contributed by atoms with Crippen molar-refractivity contribution in [3.63, 3.8) is 0 Å². The number of nitrogens with zero attached hydrogens (tertiary/aromatic N) is 5. The van der Waals surface area contributed by atoms with Gasteiger partial charge in [-0.25, -0.2) is 4.68 Å². The average molecular weight is 376 g/mol. The molecule has 1 fully saturated rings. The first kappa shape index (κ1) is 17.8. The summed E-state index contributed by atoms with van der Waals surface area (Å²) in [6.45, 7) is 2.66. The molecule has 3 aromatic rings. The lowest BCUT2D eigenvalue weighted by molar-refractivity contribution is -0.119. The van der Waals surface area contributed by atoms with Crippen LogP contribution in [0, 0.1) is 6.92 Å². The first-order valence-corrected chi connectivity index (χ1v) is 9.17. The fraction of sp³-hybridized carbons (Fsp3) is 0.250. The molecule has 0 radical (unpaired) electrons. The number of carbonyl (C=O) groups excluding carboxylic acids is 2. The normalized spacial score (nSPS) is 14.2. The van der Waals surface area contributed by atoms with Crippen molar-refractivity contribution < 1.29 is 9.59 Å². The Hall–Kier alpha value is -3.55. The minimum Gasteiger partial charge on any atom is -0.322 e. The van der Waals surface area contributed by atoms with Gasteiger partial charge < -0.3 is 10.2 Å². The zero-order valence-corrected chi connectivity index (χ0v) is 15.5. The van der Waals surface area contributed by atoms with Gasteiger partial charge in [-0.15, -0.1) is 5.10 Å². The minimum atomic E-state index is -0.203. The predicted octanol–water partition coefficient (Wildman–Crippen LogP) is 2.74. The fourth-order valence-electron chi connectivity index (χ4n) is 3.34. The van der Waals surface area contributed by atoms with Crippen LogP contribution in [0.2, 0.25) is 0 Å². The van der Waals surface area contributed by atoms with Gasteiger partial charge in [0, 0.05) is 29.9 Å². The van der Waals surface area contributed by atoms with E-state index in [1.54, 1.807) is 21.7 Å². The largest absolute Gasteiger partial charge is 0.322 e. The van der Waals surface area contributed by atoms with Crippen molar-refractivity contribution >= 4 is 23.2 Å². The number of hydrogen-bond donors (Lipinski definition) is 1. The molecule has 0 aliphatic carbocycles. The van der Waals surface area contributed by atoms with E-state index in [0.717, 1.165) is 36.3 Å². The fourth-order valence-corrected chi connectivity index (χ4v) is 3.34. The Kier molecular flexibility index (Phi) is 4.84. The summed E-state index contributed by atoms with van der Waals surface area (Å²) in [5.41, 5.74) is 3.84. The summed E-state index contributed by atoms with van der Waals surface area (Å²) in [6.07, 6.45) is 4.06. The zero-order chi connectivity index (χ0) is 19.5. The van der Waals surface area contributed by atoms with Crippen LogP contribution >= 0.6 is 0 Å². The highest BCUT2D eigenvalue weighted by atomic mass is 16.2. The van der Waals surface area contributed by atoms with Crippen LogP contribution in [0.4, 0.5) is 11.4 Å². The second-order valence-electron chi connectivity index (χ2n) is 6.76. The number of nitrogens with one attached hydrogen (secondary N) is 1. The second-order valence-corrected chi connectivity index (χ2v) is 6.76. The molecule has 1 N–H and O–H groups in total. The van der Waals surface area contributed by atoms with E-state index in [2.05, 4.69) is 20.8 Å². The van der Waals surface area contributed by atoms with Crippen LogP contribution in [0.1, 0.15) is 35.2 Å². The zero-order valence-electron chi connectivity index (χ0n) is 15.5. The minimum absolute atomic E-state index is 0.140. The summed E-state index contributed by atoms with van der Waals surface area (Å²) in [6, 6.07) is 12.7. The van der Waals surface area contributed by atoms with Gasteiger partial charge in [-0.05, 0) is 78.2 Å². The third-order valence-electron chi connectivity index (χ3n) is 4.82. The van der Waals surface area contributed by atoms with Gasteiger partial charge >= 0.3 is 0 Å². The van der Waals surface area contributed by atoms with E-state index >= 15 is 0 Å². The quantitative estimate of drug-likeness (QED) is 0.756. The van der Waals surface area contributed by atoms with Crippen molar-refractivity contribution in [1.29, 1.82) is 0 Å². The summed E-state index contributed by atoms with van der Waals surface area (Å²) < 4.78 is 1.57. The van der Waals surface area contributed by atoms with E-state index in [1.807, 2.05) is 37.3 Å². The SMILES string of the molecule is Cc1cc(NC(=O)c2ccc(N3CCCCC3=O)cc2)ccc1-n1cnnn1. The molecule has 1 aliphatic heterocycles. The average Bonchev–Trinajstić information content (AvgIpc) is 3.23. The van der Waals surface area contributed by atoms with Gasteiger partial charge in [0.05, 0.1) is 5.69 Å². The van der Waals surface area contributed by atoms with E-state index in [-0.39, 0.29) is 11.8 Å². The van der Waals surface area contributed by atoms with Crippen molar-refractivity contribution in [1.82, 2.24) is 20.2 Å². The molecule has 8 heteroatoms. The van der Waals surface area contributed by atoms with Gasteiger partial charge in [-0.2, -0.15) is 0 Å². The molecule has 1 saturated heterocycles. The Balaban J connectivity index is 1.46. The van der Waals surface area contributed by atoms with Crippen LogP contribution in [-0.2, 0) is 4.79 Å². The number of hydrogen-bond acceptors (Lipinski definition) is 5. The van der Waals surface area contributed by atoms with E-state index in [1.165, 1.54) is 6.33 Å². The van der Waals surface area contributed by atoms with Crippen LogP contribution in [-0.4, -0.2) is 38.6 Å². The van der Waals surface area contributed by atoms with Crippen molar-refractivity contribution in [2.45, 2.75) is 26.2 Å². The third kappa shape index (κ3) is 3.62. The van der Waals surface area contributed by atoms with Crippen molar-refractivity contribution in [2.24, 2.45) is 0 Å². The Labute approximate surface area is 162 Å². The summed E-state index contributed by atoms with van der Waals surface area (Å²) >= 11 is 0. The number of piperidine rings is 1. The topological polar surface area (TPSA) is 93.0 Å². The van der Waals surface area contributed by atoms with E-state index in [9.17, 15) is 9.59 Å². The highest BCUT2D eigenvalue weighted by molar-refractivity contribution is 6.05. The highest BCUT2D eigenvalue weighted by Gasteiger charge is 2.19. The van der Waals surface area contributed by atoms with Crippen LogP contribution in [0.15, 0.2) is 48.8 Å². The number of carbonyl (C=O) groups is 2. The van der Waals surface area contributed by atoms with Crippen LogP contribution in [0.25, 0.3) is 5.69 Å². The molecule has 2 heterocycles. The molecule has 0 atom stereocenters. The number of benzene rings is 2. The lowest BCUT2D eigenvalue weighted by Crippen LogP contribution is -2.35. The molecule has 142 valence electrons. The molecule has 28 heavy (non-hydrogen) atoms. The third-order valence-corrected chi connectivity index (χ3v) is 4.82. The maximum Gasteiger partial charge on any atom is 0.255 e. The lowest BCUT2D eigenvalue weighted by Gasteiger charge is -2.26. The van der Waals surface area contributed by atoms with Crippen molar-refractivity contribution in [3.05, 3.63) is 59.9 Å². The molecule has 0 spiro atoms. The van der Waals surface area contributed by atoms with Gasteiger partial charge in [-0.1, -0.05) is 0 Å². The number of aryl methyl sites for hydroxylation is 1. The Bertz CT molecular complexity index is 998. The molecule has 2 amide bonds. The summed E-state index contributed by atoms with van der Waals surface area (Å²) in [4.78, 5) is 26.4. The van der Waals surface area contributed by atoms with Gasteiger partial charge in [0.15, 0.2) is 0 Å². The van der Waals surface area contributed by atoms with Crippen LogP contribution in [0.5, 0.6) is 0 Å². The molecule has 0 bridgehead atoms. The lowest BCUT2D eigenvalue weighted by atomic mass is 10.1. The first-order valence-electron chi connectivity index (χ1n) is 9.17. The summed E-state index contributed by atoms with van der Waals surface area (Å²) in [5.74, 6) is -0.0623. The number of anilines is 2. The maximum absolute atomic E-state index is 12.6. The maximum atomic E-state index is 12.6. The van der Waals surface area contributed by atoms with Gasteiger partial charge in [-0.3, -0.25) is 9.59 Å². The molecule has 1 aromatic heterocycles. The second kappa shape index (κ2) is 7.59. The number of rotatable bonds is 4. The molecule has 8 nitrogen and oxygen atoms in total. The molecular formula is C20H20N6O2. The summed E-state index contributed by atoms with van der Waals surface area (Å²) in [7, 11) is 0. The Morgan fingerprint density at radius 2 is 1.93 bits per heavy atom. The molecule has 2 aromatic carbocycles. The first-order chi connectivity index (χ1) is 13.6. The van der Waals surface area contributed by atoms with Crippen LogP contribution in [0.3, 0.4) is 0 Å². The Morgan fingerprint density at radius 3 is 2.61 bits per heavy atom. The van der Waals surface area contributed by atoms with Gasteiger partial charge in [0.25, 0.3) is 5.91 Å². The standard InChI is InChI=1S/C20H20N6O2/c1-14-12-16(7-10-18(14)26-13-21-23-24-26)22-20(28)15-5-8-17(9-6-15)25-11-3-2-4-19(25)27/h5-10,12-13H,2-4,11H2,1H3,(H,22,28). The number of amides is 2. The van der Waals surface area contributed by atoms with Crippen LogP contribution < -0.4 is 10.2 Å². The van der Waals surface area contributed by atoms with E-state index in [4.69, 9.17) is 0 Å². The number of tetrazole rings is 1. The van der Waals surface area contributed by atoms with Gasteiger partial charge in [0.2, 0.25) is 5.91 Å². The van der Waals surface area contributed by atoms with Crippen molar-refractivity contribution in [3.8, 4) is 5.69 Å². The Morgan fingerprint density at radius 1 is 1.11 bits per heavy atom. The molecule has 0 saturated carbocycles. The summed E-state index contributed by atoms with van der Waals surface area (Å²) in [5, 5.41) is 14.0. The van der Waals surface area contributed by atoms with Gasteiger partial charge in [0.1, 0.15) is 6.33 Å². The predicted molar refractivity (Wildman–Crippen MR) is 104 cm³/mol. The van der Waals surface area contributed by atoms with Crippen molar-refractivity contribution in [2.75, 3.05) is 16.8 Å². The molecule has 4 rings (SSSR count). The molecule has 0 unspecified atom stereocenters. The number of aromatic nitrogens is 4. The highest BCUT2D eigenvalue weighted by Crippen LogP contribution is 2.22. The molecular weight excluding hydrogens is 356 g/mol. The van der Waals surface area contributed by atoms with E-state index in [0.29, 0.717) is 17.7 Å². The van der Waals surface area contributed by atoms with E-state index < -0.39 is 0 Å².